The second kappa shape index (κ2) is 10.6. The lowest BCUT2D eigenvalue weighted by molar-refractivity contribution is -0.146. The third-order valence-corrected chi connectivity index (χ3v) is 6.95. The molecule has 4 rings (SSSR count). The first-order valence-corrected chi connectivity index (χ1v) is 12.4. The summed E-state index contributed by atoms with van der Waals surface area (Å²) in [6.07, 6.45) is -1.60. The minimum atomic E-state index is -1.26. The summed E-state index contributed by atoms with van der Waals surface area (Å²) in [7, 11) is 0. The van der Waals surface area contributed by atoms with E-state index in [0.717, 1.165) is 5.56 Å². The summed E-state index contributed by atoms with van der Waals surface area (Å²) in [6, 6.07) is 12.1. The van der Waals surface area contributed by atoms with E-state index in [9.17, 15) is 29.7 Å². The first-order chi connectivity index (χ1) is 17.6. The third-order valence-electron chi connectivity index (χ3n) is 6.95. The molecule has 2 aromatic rings. The van der Waals surface area contributed by atoms with Crippen molar-refractivity contribution in [3.8, 4) is 0 Å². The summed E-state index contributed by atoms with van der Waals surface area (Å²) < 4.78 is 6.38. The molecule has 2 aromatic carbocycles. The van der Waals surface area contributed by atoms with Crippen LogP contribution in [-0.2, 0) is 31.3 Å². The van der Waals surface area contributed by atoms with Gasteiger partial charge in [0.15, 0.2) is 5.60 Å². The van der Waals surface area contributed by atoms with Crippen molar-refractivity contribution in [2.24, 2.45) is 5.92 Å². The molecule has 2 heterocycles. The maximum Gasteiger partial charge on any atom is 0.264 e. The second-order valence-electron chi connectivity index (χ2n) is 9.78. The quantitative estimate of drug-likeness (QED) is 0.363. The van der Waals surface area contributed by atoms with Crippen molar-refractivity contribution in [2.75, 3.05) is 22.1 Å². The Bertz CT molecular complexity index is 1180. The minimum absolute atomic E-state index is 0.0549. The summed E-state index contributed by atoms with van der Waals surface area (Å²) >= 11 is 0. The van der Waals surface area contributed by atoms with Gasteiger partial charge in [-0.3, -0.25) is 14.4 Å². The molecule has 1 saturated heterocycles. The zero-order valence-corrected chi connectivity index (χ0v) is 21.1. The topological polar surface area (TPSA) is 148 Å². The van der Waals surface area contributed by atoms with E-state index in [0.29, 0.717) is 35.5 Å². The number of nitrogens with one attached hydrogen (secondary N) is 2. The predicted molar refractivity (Wildman–Crippen MR) is 137 cm³/mol. The molecule has 0 saturated carbocycles. The molecule has 5 atom stereocenters. The maximum absolute atomic E-state index is 14.0. The first kappa shape index (κ1) is 26.7. The van der Waals surface area contributed by atoms with E-state index in [1.807, 2.05) is 6.92 Å². The Morgan fingerprint density at radius 2 is 1.65 bits per heavy atom. The number of hydrogen-bond donors (Lipinski definition) is 5. The molecule has 0 aromatic heterocycles. The van der Waals surface area contributed by atoms with Crippen LogP contribution < -0.4 is 15.5 Å². The number of ether oxygens (including phenoxy) is 1. The summed E-state index contributed by atoms with van der Waals surface area (Å²) in [5.41, 5.74) is 1.81. The summed E-state index contributed by atoms with van der Waals surface area (Å²) in [6.45, 7) is 4.90. The highest BCUT2D eigenvalue weighted by Gasteiger charge is 2.60. The van der Waals surface area contributed by atoms with Crippen LogP contribution in [-0.4, -0.2) is 58.0 Å². The standard InChI is InChI=1S/C27H33N3O7/c1-15-12-21(10-11-31)37-27(15)22-13-20(29-25(35)17(3)33)8-9-23(22)30(26(27)36)14-18-4-6-19(7-5-18)28-24(34)16(2)32/h4-9,13,15-17,21,31-33H,10-12,14H2,1-3H3,(H,28,34)(H,29,35)/t15-,16-,17-,21+,27+/m0/s1. The lowest BCUT2D eigenvalue weighted by Gasteiger charge is -2.28. The lowest BCUT2D eigenvalue weighted by Crippen LogP contribution is -2.43. The molecule has 0 aliphatic carbocycles. The Morgan fingerprint density at radius 1 is 1.05 bits per heavy atom. The van der Waals surface area contributed by atoms with Gasteiger partial charge in [-0.05, 0) is 62.6 Å². The molecule has 3 amide bonds. The number of anilines is 3. The highest BCUT2D eigenvalue weighted by molar-refractivity contribution is 6.08. The van der Waals surface area contributed by atoms with Gasteiger partial charge in [-0.25, -0.2) is 0 Å². The van der Waals surface area contributed by atoms with Crippen molar-refractivity contribution in [3.05, 3.63) is 53.6 Å². The van der Waals surface area contributed by atoms with Crippen molar-refractivity contribution < 1.29 is 34.4 Å². The summed E-state index contributed by atoms with van der Waals surface area (Å²) in [4.78, 5) is 39.5. The SMILES string of the molecule is C[C@H](O)C(=O)Nc1ccc(CN2C(=O)[C@]3(O[C@H](CCO)C[C@@H]3C)c3cc(NC(=O)[C@H](C)O)ccc32)cc1. The van der Waals surface area contributed by atoms with Gasteiger partial charge in [-0.2, -0.15) is 0 Å². The molecule has 0 radical (unpaired) electrons. The number of amides is 3. The van der Waals surface area contributed by atoms with Gasteiger partial charge in [-0.1, -0.05) is 19.1 Å². The molecule has 0 bridgehead atoms. The number of rotatable bonds is 8. The van der Waals surface area contributed by atoms with Crippen molar-refractivity contribution >= 4 is 34.8 Å². The second-order valence-corrected chi connectivity index (χ2v) is 9.78. The molecule has 2 aliphatic heterocycles. The third kappa shape index (κ3) is 5.10. The van der Waals surface area contributed by atoms with E-state index in [4.69, 9.17) is 4.74 Å². The highest BCUT2D eigenvalue weighted by Crippen LogP contribution is 2.54. The largest absolute Gasteiger partial charge is 0.396 e. The smallest absolute Gasteiger partial charge is 0.264 e. The Labute approximate surface area is 215 Å². The van der Waals surface area contributed by atoms with Crippen LogP contribution in [0.15, 0.2) is 42.5 Å². The Hall–Kier alpha value is -3.31. The van der Waals surface area contributed by atoms with Crippen LogP contribution in [0, 0.1) is 5.92 Å². The van der Waals surface area contributed by atoms with Crippen molar-refractivity contribution in [2.45, 2.75) is 64.1 Å². The molecule has 1 spiro atoms. The number of hydrogen-bond acceptors (Lipinski definition) is 7. The van der Waals surface area contributed by atoms with E-state index in [1.54, 1.807) is 47.4 Å². The van der Waals surface area contributed by atoms with E-state index < -0.39 is 29.6 Å². The normalized spacial score (nSPS) is 24.2. The number of fused-ring (bicyclic) bond motifs is 2. The van der Waals surface area contributed by atoms with Crippen LogP contribution >= 0.6 is 0 Å². The fourth-order valence-corrected chi connectivity index (χ4v) is 5.00. The van der Waals surface area contributed by atoms with Crippen molar-refractivity contribution in [1.29, 1.82) is 0 Å². The van der Waals surface area contributed by atoms with Gasteiger partial charge in [0, 0.05) is 29.5 Å². The van der Waals surface area contributed by atoms with Gasteiger partial charge in [0.1, 0.15) is 12.2 Å². The zero-order valence-electron chi connectivity index (χ0n) is 21.1. The van der Waals surface area contributed by atoms with E-state index in [1.165, 1.54) is 13.8 Å². The molecule has 5 N–H and O–H groups in total. The highest BCUT2D eigenvalue weighted by atomic mass is 16.5. The van der Waals surface area contributed by atoms with Gasteiger partial charge < -0.3 is 35.6 Å². The first-order valence-electron chi connectivity index (χ1n) is 12.4. The van der Waals surface area contributed by atoms with Crippen molar-refractivity contribution in [3.63, 3.8) is 0 Å². The van der Waals surface area contributed by atoms with E-state index in [-0.39, 0.29) is 31.1 Å². The summed E-state index contributed by atoms with van der Waals surface area (Å²) in [5, 5.41) is 33.8. The number of aliphatic hydroxyl groups excluding tert-OH is 3. The predicted octanol–water partition coefficient (Wildman–Crippen LogP) is 1.87. The molecular weight excluding hydrogens is 478 g/mol. The monoisotopic (exact) mass is 511 g/mol. The van der Waals surface area contributed by atoms with Crippen LogP contribution in [0.4, 0.5) is 17.1 Å². The van der Waals surface area contributed by atoms with E-state index >= 15 is 0 Å². The number of nitrogens with zero attached hydrogens (tertiary/aromatic N) is 1. The van der Waals surface area contributed by atoms with Gasteiger partial charge in [-0.15, -0.1) is 0 Å². The number of carbonyl (C=O) groups excluding carboxylic acids is 3. The molecule has 0 unspecified atom stereocenters. The Morgan fingerprint density at radius 3 is 2.24 bits per heavy atom. The average Bonchev–Trinajstić information content (AvgIpc) is 3.30. The molecule has 10 heteroatoms. The number of aliphatic hydroxyl groups is 3. The van der Waals surface area contributed by atoms with Crippen LogP contribution in [0.5, 0.6) is 0 Å². The number of carbonyl (C=O) groups is 3. The molecule has 1 fully saturated rings. The van der Waals surface area contributed by atoms with Gasteiger partial charge in [0.05, 0.1) is 18.3 Å². The van der Waals surface area contributed by atoms with Gasteiger partial charge in [0.2, 0.25) is 0 Å². The van der Waals surface area contributed by atoms with Crippen molar-refractivity contribution in [1.82, 2.24) is 0 Å². The molecule has 37 heavy (non-hydrogen) atoms. The molecular formula is C27H33N3O7. The Balaban J connectivity index is 1.66. The Kier molecular flexibility index (Phi) is 7.65. The maximum atomic E-state index is 14.0. The fourth-order valence-electron chi connectivity index (χ4n) is 5.00. The molecule has 2 aliphatic rings. The van der Waals surface area contributed by atoms with Crippen LogP contribution in [0.3, 0.4) is 0 Å². The van der Waals surface area contributed by atoms with Gasteiger partial charge >= 0.3 is 0 Å². The molecule has 198 valence electrons. The average molecular weight is 512 g/mol. The summed E-state index contributed by atoms with van der Waals surface area (Å²) in [5.74, 6) is -1.47. The molecule has 10 nitrogen and oxygen atoms in total. The van der Waals surface area contributed by atoms with E-state index in [2.05, 4.69) is 10.6 Å². The minimum Gasteiger partial charge on any atom is -0.396 e. The van der Waals surface area contributed by atoms with Gasteiger partial charge in [0.25, 0.3) is 17.7 Å². The fraction of sp³-hybridized carbons (Fsp3) is 0.444. The lowest BCUT2D eigenvalue weighted by atomic mass is 9.82. The van der Waals surface area contributed by atoms with Crippen LogP contribution in [0.25, 0.3) is 0 Å². The zero-order chi connectivity index (χ0) is 26.9. The number of benzene rings is 2. The van der Waals surface area contributed by atoms with Crippen LogP contribution in [0.2, 0.25) is 0 Å². The van der Waals surface area contributed by atoms with Crippen LogP contribution in [0.1, 0.15) is 44.7 Å².